The van der Waals surface area contributed by atoms with Crippen LogP contribution in [0.4, 0.5) is 11.4 Å². The van der Waals surface area contributed by atoms with Crippen LogP contribution in [0.25, 0.3) is 0 Å². The van der Waals surface area contributed by atoms with Crippen molar-refractivity contribution in [2.75, 3.05) is 24.7 Å². The topological polar surface area (TPSA) is 81.9 Å². The SMILES string of the molecule is CCOC(CN1C(=O)CCc2cc([N+](=O)[O-])ccc21)OCC. The molecule has 0 spiro atoms. The van der Waals surface area contributed by atoms with Gasteiger partial charge in [0.25, 0.3) is 5.69 Å². The first kappa shape index (κ1) is 16.4. The van der Waals surface area contributed by atoms with Gasteiger partial charge in [-0.2, -0.15) is 0 Å². The minimum Gasteiger partial charge on any atom is -0.351 e. The Morgan fingerprint density at radius 1 is 1.27 bits per heavy atom. The predicted octanol–water partition coefficient (Wildman–Crippen LogP) is 2.27. The number of anilines is 1. The highest BCUT2D eigenvalue weighted by atomic mass is 16.7. The molecule has 2 rings (SSSR count). The van der Waals surface area contributed by atoms with Crippen LogP contribution < -0.4 is 4.90 Å². The Morgan fingerprint density at radius 2 is 1.95 bits per heavy atom. The number of nitro groups is 1. The summed E-state index contributed by atoms with van der Waals surface area (Å²) in [5.74, 6) is -0.0224. The summed E-state index contributed by atoms with van der Waals surface area (Å²) in [6.45, 7) is 4.98. The molecule has 0 aliphatic carbocycles. The van der Waals surface area contributed by atoms with Crippen LogP contribution in [0.5, 0.6) is 0 Å². The first-order valence-electron chi connectivity index (χ1n) is 7.37. The number of carbonyl (C=O) groups excluding carboxylic acids is 1. The Labute approximate surface area is 129 Å². The lowest BCUT2D eigenvalue weighted by molar-refractivity contribution is -0.384. The van der Waals surface area contributed by atoms with E-state index >= 15 is 0 Å². The zero-order valence-corrected chi connectivity index (χ0v) is 12.8. The number of benzene rings is 1. The van der Waals surface area contributed by atoms with Crippen molar-refractivity contribution >= 4 is 17.3 Å². The molecule has 1 aliphatic rings. The molecule has 22 heavy (non-hydrogen) atoms. The number of ether oxygens (including phenoxy) is 2. The fraction of sp³-hybridized carbons (Fsp3) is 0.533. The van der Waals surface area contributed by atoms with Gasteiger partial charge in [-0.05, 0) is 31.9 Å². The average molecular weight is 308 g/mol. The first-order valence-corrected chi connectivity index (χ1v) is 7.37. The van der Waals surface area contributed by atoms with Crippen molar-refractivity contribution < 1.29 is 19.2 Å². The molecule has 7 heteroatoms. The summed E-state index contributed by atoms with van der Waals surface area (Å²) < 4.78 is 11.0. The Balaban J connectivity index is 2.25. The zero-order chi connectivity index (χ0) is 16.1. The predicted molar refractivity (Wildman–Crippen MR) is 80.8 cm³/mol. The zero-order valence-electron chi connectivity index (χ0n) is 12.8. The van der Waals surface area contributed by atoms with Crippen LogP contribution in [0.15, 0.2) is 18.2 Å². The number of amides is 1. The second kappa shape index (κ2) is 7.33. The molecule has 1 amide bonds. The Bertz CT molecular complexity index is 555. The van der Waals surface area contributed by atoms with Gasteiger partial charge in [0.15, 0.2) is 6.29 Å². The molecule has 1 aromatic carbocycles. The van der Waals surface area contributed by atoms with Gasteiger partial charge in [-0.3, -0.25) is 14.9 Å². The van der Waals surface area contributed by atoms with E-state index in [0.717, 1.165) is 5.56 Å². The molecule has 120 valence electrons. The molecular weight excluding hydrogens is 288 g/mol. The number of fused-ring (bicyclic) bond motifs is 1. The molecule has 1 aliphatic heterocycles. The normalized spacial score (nSPS) is 14.3. The van der Waals surface area contributed by atoms with E-state index in [0.29, 0.717) is 31.7 Å². The van der Waals surface area contributed by atoms with Crippen molar-refractivity contribution in [2.24, 2.45) is 0 Å². The first-order chi connectivity index (χ1) is 10.6. The molecule has 0 unspecified atom stereocenters. The summed E-state index contributed by atoms with van der Waals surface area (Å²) in [5, 5.41) is 10.9. The van der Waals surface area contributed by atoms with E-state index in [-0.39, 0.29) is 18.1 Å². The number of rotatable bonds is 7. The monoisotopic (exact) mass is 308 g/mol. The van der Waals surface area contributed by atoms with Crippen LogP contribution in [0, 0.1) is 10.1 Å². The highest BCUT2D eigenvalue weighted by molar-refractivity contribution is 5.96. The molecule has 1 aromatic rings. The smallest absolute Gasteiger partial charge is 0.269 e. The molecule has 0 N–H and O–H groups in total. The minimum atomic E-state index is -0.500. The Morgan fingerprint density at radius 3 is 2.55 bits per heavy atom. The average Bonchev–Trinajstić information content (AvgIpc) is 2.50. The number of hydrogen-bond acceptors (Lipinski definition) is 5. The molecule has 0 saturated heterocycles. The maximum atomic E-state index is 12.2. The number of nitrogens with zero attached hydrogens (tertiary/aromatic N) is 2. The number of hydrogen-bond donors (Lipinski definition) is 0. The molecule has 0 radical (unpaired) electrons. The van der Waals surface area contributed by atoms with Gasteiger partial charge in [0.2, 0.25) is 5.91 Å². The third-order valence-corrected chi connectivity index (χ3v) is 3.51. The van der Waals surface area contributed by atoms with Crippen LogP contribution >= 0.6 is 0 Å². The lowest BCUT2D eigenvalue weighted by atomic mass is 10.0. The van der Waals surface area contributed by atoms with Crippen molar-refractivity contribution in [2.45, 2.75) is 33.0 Å². The largest absolute Gasteiger partial charge is 0.351 e. The van der Waals surface area contributed by atoms with E-state index in [9.17, 15) is 14.9 Å². The summed E-state index contributed by atoms with van der Waals surface area (Å²) in [5.41, 5.74) is 1.55. The highest BCUT2D eigenvalue weighted by Gasteiger charge is 2.28. The van der Waals surface area contributed by atoms with Gasteiger partial charge in [-0.1, -0.05) is 0 Å². The lowest BCUT2D eigenvalue weighted by Crippen LogP contribution is -2.42. The maximum absolute atomic E-state index is 12.2. The number of non-ortho nitro benzene ring substituents is 1. The molecule has 1 heterocycles. The lowest BCUT2D eigenvalue weighted by Gasteiger charge is -2.32. The maximum Gasteiger partial charge on any atom is 0.269 e. The summed E-state index contributed by atoms with van der Waals surface area (Å²) >= 11 is 0. The standard InChI is InChI=1S/C15H20N2O5/c1-3-21-15(22-4-2)10-16-13-7-6-12(17(19)20)9-11(13)5-8-14(16)18/h6-7,9,15H,3-5,8,10H2,1-2H3. The van der Waals surface area contributed by atoms with E-state index in [1.165, 1.54) is 12.1 Å². The van der Waals surface area contributed by atoms with Gasteiger partial charge >= 0.3 is 0 Å². The van der Waals surface area contributed by atoms with Crippen molar-refractivity contribution in [1.29, 1.82) is 0 Å². The fourth-order valence-electron chi connectivity index (χ4n) is 2.53. The van der Waals surface area contributed by atoms with Crippen LogP contribution in [-0.2, 0) is 20.7 Å². The third kappa shape index (κ3) is 3.61. The van der Waals surface area contributed by atoms with Crippen LogP contribution in [-0.4, -0.2) is 36.9 Å². The van der Waals surface area contributed by atoms with E-state index in [4.69, 9.17) is 9.47 Å². The van der Waals surface area contributed by atoms with Crippen LogP contribution in [0.2, 0.25) is 0 Å². The molecule has 0 aromatic heterocycles. The van der Waals surface area contributed by atoms with Crippen molar-refractivity contribution in [3.63, 3.8) is 0 Å². The van der Waals surface area contributed by atoms with Gasteiger partial charge in [0.1, 0.15) is 0 Å². The van der Waals surface area contributed by atoms with E-state index in [2.05, 4.69) is 0 Å². The minimum absolute atomic E-state index is 0.0224. The van der Waals surface area contributed by atoms with E-state index < -0.39 is 11.2 Å². The summed E-state index contributed by atoms with van der Waals surface area (Å²) in [6.07, 6.45) is 0.347. The molecule has 0 fully saturated rings. The second-order valence-corrected chi connectivity index (χ2v) is 4.91. The van der Waals surface area contributed by atoms with Gasteiger partial charge < -0.3 is 14.4 Å². The second-order valence-electron chi connectivity index (χ2n) is 4.91. The highest BCUT2D eigenvalue weighted by Crippen LogP contribution is 2.31. The third-order valence-electron chi connectivity index (χ3n) is 3.51. The Kier molecular flexibility index (Phi) is 5.46. The number of nitro benzene ring substituents is 1. The molecular formula is C15H20N2O5. The van der Waals surface area contributed by atoms with Gasteiger partial charge in [-0.25, -0.2) is 0 Å². The van der Waals surface area contributed by atoms with Crippen molar-refractivity contribution in [1.82, 2.24) is 0 Å². The molecule has 0 bridgehead atoms. The Hall–Kier alpha value is -1.99. The quantitative estimate of drug-likeness (QED) is 0.438. The van der Waals surface area contributed by atoms with Gasteiger partial charge in [0.05, 0.1) is 11.5 Å². The number of carbonyl (C=O) groups is 1. The summed E-state index contributed by atoms with van der Waals surface area (Å²) in [4.78, 5) is 24.2. The van der Waals surface area contributed by atoms with E-state index in [1.807, 2.05) is 13.8 Å². The van der Waals surface area contributed by atoms with Crippen LogP contribution in [0.3, 0.4) is 0 Å². The van der Waals surface area contributed by atoms with Gasteiger partial charge in [-0.15, -0.1) is 0 Å². The van der Waals surface area contributed by atoms with Crippen LogP contribution in [0.1, 0.15) is 25.8 Å². The van der Waals surface area contributed by atoms with Gasteiger partial charge in [0, 0.05) is 37.5 Å². The fourth-order valence-corrected chi connectivity index (χ4v) is 2.53. The summed E-state index contributed by atoms with van der Waals surface area (Å²) in [6, 6.07) is 4.57. The van der Waals surface area contributed by atoms with E-state index in [1.54, 1.807) is 11.0 Å². The molecule has 0 saturated carbocycles. The molecule has 7 nitrogen and oxygen atoms in total. The van der Waals surface area contributed by atoms with Crippen molar-refractivity contribution in [3.8, 4) is 0 Å². The summed E-state index contributed by atoms with van der Waals surface area (Å²) in [7, 11) is 0. The van der Waals surface area contributed by atoms with Crippen molar-refractivity contribution in [3.05, 3.63) is 33.9 Å². The number of aryl methyl sites for hydroxylation is 1. The molecule has 0 atom stereocenters.